The summed E-state index contributed by atoms with van der Waals surface area (Å²) in [6.45, 7) is 2.21. The van der Waals surface area contributed by atoms with Gasteiger partial charge < -0.3 is 45.5 Å². The van der Waals surface area contributed by atoms with E-state index in [-0.39, 0.29) is 19.8 Å². The second kappa shape index (κ2) is 17.0. The van der Waals surface area contributed by atoms with Crippen LogP contribution >= 0.6 is 0 Å². The van der Waals surface area contributed by atoms with Gasteiger partial charge in [0.2, 0.25) is 0 Å². The molecular weight excluding hydrogens is 346 g/mol. The zero-order valence-electron chi connectivity index (χ0n) is 15.1. The Labute approximate surface area is 154 Å². The molecule has 26 heavy (non-hydrogen) atoms. The lowest BCUT2D eigenvalue weighted by Gasteiger charge is -2.30. The van der Waals surface area contributed by atoms with Crippen LogP contribution in [-0.4, -0.2) is 101 Å². The summed E-state index contributed by atoms with van der Waals surface area (Å²) in [6, 6.07) is -0.561. The summed E-state index contributed by atoms with van der Waals surface area (Å²) in [4.78, 5) is 11.8. The molecule has 0 bridgehead atoms. The number of aliphatic hydroxyl groups excluding tert-OH is 2. The number of terminal acetylenes is 1. The van der Waals surface area contributed by atoms with Crippen molar-refractivity contribution in [3.63, 3.8) is 0 Å². The quantitative estimate of drug-likeness (QED) is 0.140. The minimum absolute atomic E-state index is 0.0140. The average molecular weight is 377 g/mol. The number of rotatable bonds is 17. The SMILES string of the molecule is C#CCOCC(CO)(CO)NC(=O)NCCOCCOCCOCCN. The standard InChI is InChI=1S/C16H31N3O7/c1-2-5-26-14-16(12-20,13-21)19-15(22)18-4-7-24-9-11-25-10-8-23-6-3-17/h1,20-21H,3-14,17H2,(H2,18,19,22). The zero-order chi connectivity index (χ0) is 19.5. The summed E-state index contributed by atoms with van der Waals surface area (Å²) in [5.74, 6) is 2.26. The van der Waals surface area contributed by atoms with Crippen molar-refractivity contribution in [1.82, 2.24) is 10.6 Å². The summed E-state index contributed by atoms with van der Waals surface area (Å²) < 4.78 is 20.8. The molecule has 0 atom stereocenters. The smallest absolute Gasteiger partial charge is 0.315 e. The van der Waals surface area contributed by atoms with Crippen LogP contribution in [0.5, 0.6) is 0 Å². The number of nitrogens with one attached hydrogen (secondary N) is 2. The lowest BCUT2D eigenvalue weighted by Crippen LogP contribution is -2.60. The summed E-state index contributed by atoms with van der Waals surface area (Å²) in [6.07, 6.45) is 5.06. The molecular formula is C16H31N3O7. The first-order valence-electron chi connectivity index (χ1n) is 8.36. The molecule has 0 aromatic heterocycles. The van der Waals surface area contributed by atoms with E-state index in [2.05, 4.69) is 16.6 Å². The molecule has 10 nitrogen and oxygen atoms in total. The third-order valence-corrected chi connectivity index (χ3v) is 3.09. The van der Waals surface area contributed by atoms with Gasteiger partial charge in [-0.2, -0.15) is 0 Å². The lowest BCUT2D eigenvalue weighted by molar-refractivity contribution is 0.0156. The molecule has 152 valence electrons. The average Bonchev–Trinajstić information content (AvgIpc) is 2.65. The van der Waals surface area contributed by atoms with Crippen LogP contribution in [0.15, 0.2) is 0 Å². The summed E-state index contributed by atoms with van der Waals surface area (Å²) in [5.41, 5.74) is 3.97. The highest BCUT2D eigenvalue weighted by atomic mass is 16.5. The van der Waals surface area contributed by atoms with Gasteiger partial charge in [0, 0.05) is 13.1 Å². The topological polar surface area (TPSA) is 145 Å². The number of ether oxygens (including phenoxy) is 4. The fraction of sp³-hybridized carbons (Fsp3) is 0.812. The van der Waals surface area contributed by atoms with Crippen molar-refractivity contribution in [2.45, 2.75) is 5.54 Å². The highest BCUT2D eigenvalue weighted by Crippen LogP contribution is 2.04. The van der Waals surface area contributed by atoms with Gasteiger partial charge in [-0.1, -0.05) is 5.92 Å². The molecule has 0 aromatic carbocycles. The van der Waals surface area contributed by atoms with E-state index in [0.29, 0.717) is 46.2 Å². The molecule has 6 N–H and O–H groups in total. The molecule has 0 saturated heterocycles. The van der Waals surface area contributed by atoms with Gasteiger partial charge in [0.05, 0.1) is 59.5 Å². The fourth-order valence-electron chi connectivity index (χ4n) is 1.71. The Morgan fingerprint density at radius 1 is 1.00 bits per heavy atom. The number of urea groups is 1. The molecule has 0 heterocycles. The van der Waals surface area contributed by atoms with Gasteiger partial charge in [-0.25, -0.2) is 4.79 Å². The maximum Gasteiger partial charge on any atom is 0.315 e. The summed E-state index contributed by atoms with van der Waals surface area (Å²) >= 11 is 0. The van der Waals surface area contributed by atoms with Gasteiger partial charge in [-0.05, 0) is 0 Å². The Bertz CT molecular complexity index is 387. The van der Waals surface area contributed by atoms with Crippen LogP contribution in [0, 0.1) is 12.3 Å². The summed E-state index contributed by atoms with van der Waals surface area (Å²) in [7, 11) is 0. The van der Waals surface area contributed by atoms with E-state index in [4.69, 9.17) is 31.1 Å². The van der Waals surface area contributed by atoms with Crippen molar-refractivity contribution in [1.29, 1.82) is 0 Å². The van der Waals surface area contributed by atoms with E-state index >= 15 is 0 Å². The van der Waals surface area contributed by atoms with E-state index in [0.717, 1.165) is 0 Å². The lowest BCUT2D eigenvalue weighted by atomic mass is 10.0. The maximum absolute atomic E-state index is 11.8. The highest BCUT2D eigenvalue weighted by Gasteiger charge is 2.31. The van der Waals surface area contributed by atoms with Crippen LogP contribution in [0.25, 0.3) is 0 Å². The predicted octanol–water partition coefficient (Wildman–Crippen LogP) is -2.33. The fourth-order valence-corrected chi connectivity index (χ4v) is 1.71. The van der Waals surface area contributed by atoms with Crippen LogP contribution < -0.4 is 16.4 Å². The van der Waals surface area contributed by atoms with Crippen molar-refractivity contribution < 1.29 is 34.0 Å². The molecule has 0 saturated carbocycles. The van der Waals surface area contributed by atoms with Crippen molar-refractivity contribution in [3.8, 4) is 12.3 Å². The van der Waals surface area contributed by atoms with Crippen LogP contribution in [0.1, 0.15) is 0 Å². The van der Waals surface area contributed by atoms with Crippen molar-refractivity contribution >= 4 is 6.03 Å². The molecule has 0 spiro atoms. The normalized spacial score (nSPS) is 11.2. The molecule has 0 unspecified atom stereocenters. The molecule has 0 fully saturated rings. The van der Waals surface area contributed by atoms with Crippen LogP contribution in [-0.2, 0) is 18.9 Å². The van der Waals surface area contributed by atoms with Gasteiger partial charge >= 0.3 is 6.03 Å². The Hall–Kier alpha value is -1.45. The molecule has 0 aliphatic heterocycles. The number of nitrogens with two attached hydrogens (primary N) is 1. The van der Waals surface area contributed by atoms with Gasteiger partial charge in [-0.3, -0.25) is 0 Å². The van der Waals surface area contributed by atoms with Gasteiger partial charge in [0.25, 0.3) is 0 Å². The number of hydrogen-bond acceptors (Lipinski definition) is 8. The molecule has 0 rings (SSSR count). The first-order chi connectivity index (χ1) is 12.6. The number of carbonyl (C=O) groups is 1. The van der Waals surface area contributed by atoms with E-state index in [1.54, 1.807) is 0 Å². The Morgan fingerprint density at radius 3 is 2.12 bits per heavy atom. The van der Waals surface area contributed by atoms with E-state index in [1.165, 1.54) is 0 Å². The first-order valence-corrected chi connectivity index (χ1v) is 8.36. The number of hydrogen-bond donors (Lipinski definition) is 5. The maximum atomic E-state index is 11.8. The van der Waals surface area contributed by atoms with Crippen LogP contribution in [0.2, 0.25) is 0 Å². The van der Waals surface area contributed by atoms with Crippen LogP contribution in [0.4, 0.5) is 4.79 Å². The zero-order valence-corrected chi connectivity index (χ0v) is 15.1. The Kier molecular flexibility index (Phi) is 16.0. The number of amides is 2. The van der Waals surface area contributed by atoms with Crippen molar-refractivity contribution in [2.24, 2.45) is 5.73 Å². The molecule has 0 aliphatic rings. The van der Waals surface area contributed by atoms with Gasteiger partial charge in [-0.15, -0.1) is 6.42 Å². The third-order valence-electron chi connectivity index (χ3n) is 3.09. The second-order valence-electron chi connectivity index (χ2n) is 5.30. The Morgan fingerprint density at radius 2 is 1.58 bits per heavy atom. The van der Waals surface area contributed by atoms with Crippen LogP contribution in [0.3, 0.4) is 0 Å². The largest absolute Gasteiger partial charge is 0.394 e. The molecule has 0 aromatic rings. The third kappa shape index (κ3) is 12.8. The first kappa shape index (κ1) is 24.6. The molecule has 0 radical (unpaired) electrons. The molecule has 0 aliphatic carbocycles. The number of aliphatic hydroxyl groups is 2. The van der Waals surface area contributed by atoms with Gasteiger partial charge in [0.15, 0.2) is 0 Å². The predicted molar refractivity (Wildman–Crippen MR) is 94.6 cm³/mol. The van der Waals surface area contributed by atoms with E-state index in [1.807, 2.05) is 0 Å². The van der Waals surface area contributed by atoms with E-state index in [9.17, 15) is 15.0 Å². The Balaban J connectivity index is 3.72. The number of carbonyl (C=O) groups excluding carboxylic acids is 1. The monoisotopic (exact) mass is 377 g/mol. The highest BCUT2D eigenvalue weighted by molar-refractivity contribution is 5.74. The van der Waals surface area contributed by atoms with Gasteiger partial charge in [0.1, 0.15) is 12.1 Å². The second-order valence-corrected chi connectivity index (χ2v) is 5.30. The van der Waals surface area contributed by atoms with Crippen molar-refractivity contribution in [2.75, 3.05) is 79.2 Å². The van der Waals surface area contributed by atoms with Crippen molar-refractivity contribution in [3.05, 3.63) is 0 Å². The molecule has 2 amide bonds. The van der Waals surface area contributed by atoms with E-state index < -0.39 is 24.8 Å². The minimum Gasteiger partial charge on any atom is -0.394 e. The molecule has 10 heteroatoms. The summed E-state index contributed by atoms with van der Waals surface area (Å²) in [5, 5.41) is 23.8. The minimum atomic E-state index is -1.30.